The molecule has 0 saturated carbocycles. The third kappa shape index (κ3) is 3.00. The van der Waals surface area contributed by atoms with E-state index in [0.717, 1.165) is 0 Å². The first-order valence-corrected chi connectivity index (χ1v) is 5.11. The minimum Gasteiger partial charge on any atom is -0.497 e. The zero-order chi connectivity index (χ0) is 15.1. The largest absolute Gasteiger partial charge is 0.497 e. The number of anilines is 1. The molecule has 0 spiro atoms. The molecule has 0 fully saturated rings. The van der Waals surface area contributed by atoms with E-state index < -0.39 is 10.5 Å². The predicted octanol–water partition coefficient (Wildman–Crippen LogP) is 1.84. The zero-order valence-corrected chi connectivity index (χ0v) is 10.2. The van der Waals surface area contributed by atoms with Crippen molar-refractivity contribution in [1.29, 1.82) is 15.8 Å². The number of ether oxygens (including phenoxy) is 1. The molecule has 0 heterocycles. The first kappa shape index (κ1) is 14.5. The second kappa shape index (κ2) is 6.39. The highest BCUT2D eigenvalue weighted by molar-refractivity contribution is 5.69. The van der Waals surface area contributed by atoms with E-state index in [9.17, 15) is 10.1 Å². The van der Waals surface area contributed by atoms with Crippen molar-refractivity contribution in [1.82, 2.24) is 0 Å². The number of benzene rings is 1. The highest BCUT2D eigenvalue weighted by atomic mass is 16.6. The van der Waals surface area contributed by atoms with Gasteiger partial charge in [0.2, 0.25) is 0 Å². The average molecular weight is 269 g/mol. The SMILES string of the molecule is COc1ccc([N+](=O)[O-])c(NC(C#N)=C(C#N)C#N)c1. The number of nitro benzene ring substituents is 1. The number of nitrogens with one attached hydrogen (secondary N) is 1. The van der Waals surface area contributed by atoms with E-state index in [1.807, 2.05) is 0 Å². The first-order valence-electron chi connectivity index (χ1n) is 5.11. The average Bonchev–Trinajstić information content (AvgIpc) is 2.46. The number of hydrogen-bond acceptors (Lipinski definition) is 7. The van der Waals surface area contributed by atoms with Crippen LogP contribution in [0, 0.1) is 44.1 Å². The molecule has 0 saturated heterocycles. The van der Waals surface area contributed by atoms with E-state index in [4.69, 9.17) is 20.5 Å². The highest BCUT2D eigenvalue weighted by Gasteiger charge is 2.17. The normalized spacial score (nSPS) is 8.50. The minimum atomic E-state index is -0.658. The molecule has 0 radical (unpaired) electrons. The van der Waals surface area contributed by atoms with Crippen molar-refractivity contribution in [3.05, 3.63) is 39.6 Å². The Balaban J connectivity index is 3.37. The van der Waals surface area contributed by atoms with Gasteiger partial charge in [0.05, 0.1) is 12.0 Å². The van der Waals surface area contributed by atoms with Crippen LogP contribution in [0.25, 0.3) is 0 Å². The van der Waals surface area contributed by atoms with Gasteiger partial charge >= 0.3 is 0 Å². The topological polar surface area (TPSA) is 136 Å². The maximum Gasteiger partial charge on any atom is 0.292 e. The lowest BCUT2D eigenvalue weighted by atomic mass is 10.2. The van der Waals surface area contributed by atoms with Crippen molar-refractivity contribution in [2.45, 2.75) is 0 Å². The van der Waals surface area contributed by atoms with E-state index in [1.54, 1.807) is 6.07 Å². The molecule has 0 aliphatic heterocycles. The standard InChI is InChI=1S/C12H7N5O3/c1-20-9-2-3-12(17(18)19)10(4-9)16-11(7-15)8(5-13)6-14/h2-4,16H,1H3. The van der Waals surface area contributed by atoms with Crippen molar-refractivity contribution < 1.29 is 9.66 Å². The molecule has 0 atom stereocenters. The van der Waals surface area contributed by atoms with E-state index in [2.05, 4.69) is 5.32 Å². The van der Waals surface area contributed by atoms with Gasteiger partial charge in [0.1, 0.15) is 35.3 Å². The third-order valence-corrected chi connectivity index (χ3v) is 2.25. The van der Waals surface area contributed by atoms with E-state index in [0.29, 0.717) is 5.75 Å². The fourth-order valence-electron chi connectivity index (χ4n) is 1.32. The summed E-state index contributed by atoms with van der Waals surface area (Å²) in [6.45, 7) is 0. The quantitative estimate of drug-likeness (QED) is 0.500. The Hall–Kier alpha value is -3.57. The van der Waals surface area contributed by atoms with Gasteiger partial charge in [-0.1, -0.05) is 0 Å². The molecule has 0 amide bonds. The van der Waals surface area contributed by atoms with E-state index in [1.165, 1.54) is 37.4 Å². The van der Waals surface area contributed by atoms with Crippen molar-refractivity contribution >= 4 is 11.4 Å². The first-order chi connectivity index (χ1) is 9.57. The zero-order valence-electron chi connectivity index (χ0n) is 10.2. The Labute approximate surface area is 113 Å². The van der Waals surface area contributed by atoms with Gasteiger partial charge in [-0.3, -0.25) is 10.1 Å². The Bertz CT molecular complexity index is 687. The van der Waals surface area contributed by atoms with Gasteiger partial charge in [-0.15, -0.1) is 0 Å². The van der Waals surface area contributed by atoms with Gasteiger partial charge in [-0.2, -0.15) is 15.8 Å². The molecule has 1 aromatic carbocycles. The highest BCUT2D eigenvalue weighted by Crippen LogP contribution is 2.30. The molecule has 98 valence electrons. The van der Waals surface area contributed by atoms with Crippen LogP contribution in [0.5, 0.6) is 5.75 Å². The summed E-state index contributed by atoms with van der Waals surface area (Å²) in [6.07, 6.45) is 0. The summed E-state index contributed by atoms with van der Waals surface area (Å²) >= 11 is 0. The number of methoxy groups -OCH3 is 1. The second-order valence-corrected chi connectivity index (χ2v) is 3.35. The summed E-state index contributed by atoms with van der Waals surface area (Å²) in [6, 6.07) is 8.55. The molecule has 0 bridgehead atoms. The Kier molecular flexibility index (Phi) is 4.63. The van der Waals surface area contributed by atoms with Gasteiger partial charge in [0.15, 0.2) is 5.57 Å². The molecule has 1 rings (SSSR count). The smallest absolute Gasteiger partial charge is 0.292 e. The maximum atomic E-state index is 10.9. The Morgan fingerprint density at radius 3 is 2.40 bits per heavy atom. The van der Waals surface area contributed by atoms with Crippen LogP contribution in [-0.2, 0) is 0 Å². The fraction of sp³-hybridized carbons (Fsp3) is 0.0833. The van der Waals surface area contributed by atoms with Crippen molar-refractivity contribution in [3.63, 3.8) is 0 Å². The molecule has 8 heteroatoms. The number of nitrogens with zero attached hydrogens (tertiary/aromatic N) is 4. The molecule has 0 aliphatic rings. The summed E-state index contributed by atoms with van der Waals surface area (Å²) in [5.41, 5.74) is -1.20. The molecule has 8 nitrogen and oxygen atoms in total. The van der Waals surface area contributed by atoms with Crippen LogP contribution >= 0.6 is 0 Å². The van der Waals surface area contributed by atoms with Crippen LogP contribution in [0.2, 0.25) is 0 Å². The monoisotopic (exact) mass is 269 g/mol. The molecule has 0 aromatic heterocycles. The number of rotatable bonds is 4. The third-order valence-electron chi connectivity index (χ3n) is 2.25. The summed E-state index contributed by atoms with van der Waals surface area (Å²) in [5, 5.41) is 39.6. The van der Waals surface area contributed by atoms with E-state index >= 15 is 0 Å². The van der Waals surface area contributed by atoms with Crippen LogP contribution in [0.3, 0.4) is 0 Å². The molecular formula is C12H7N5O3. The Morgan fingerprint density at radius 2 is 1.95 bits per heavy atom. The van der Waals surface area contributed by atoms with Crippen LogP contribution in [0.15, 0.2) is 29.5 Å². The maximum absolute atomic E-state index is 10.9. The van der Waals surface area contributed by atoms with Crippen LogP contribution in [-0.4, -0.2) is 12.0 Å². The summed E-state index contributed by atoms with van der Waals surface area (Å²) in [7, 11) is 1.38. The van der Waals surface area contributed by atoms with Gasteiger partial charge in [-0.25, -0.2) is 0 Å². The fourth-order valence-corrected chi connectivity index (χ4v) is 1.32. The van der Waals surface area contributed by atoms with Gasteiger partial charge in [0, 0.05) is 12.1 Å². The predicted molar refractivity (Wildman–Crippen MR) is 67.1 cm³/mol. The number of nitriles is 3. The van der Waals surface area contributed by atoms with Crippen molar-refractivity contribution in [2.24, 2.45) is 0 Å². The van der Waals surface area contributed by atoms with Crippen LogP contribution in [0.1, 0.15) is 0 Å². The van der Waals surface area contributed by atoms with Crippen molar-refractivity contribution in [3.8, 4) is 24.0 Å². The summed E-state index contributed by atoms with van der Waals surface area (Å²) < 4.78 is 4.93. The number of nitro groups is 1. The Morgan fingerprint density at radius 1 is 1.30 bits per heavy atom. The van der Waals surface area contributed by atoms with Crippen LogP contribution < -0.4 is 10.1 Å². The lowest BCUT2D eigenvalue weighted by molar-refractivity contribution is -0.383. The summed E-state index contributed by atoms with van der Waals surface area (Å²) in [5.74, 6) is 0.325. The molecule has 0 unspecified atom stereocenters. The van der Waals surface area contributed by atoms with E-state index in [-0.39, 0.29) is 17.1 Å². The molecule has 20 heavy (non-hydrogen) atoms. The lowest BCUT2D eigenvalue weighted by Crippen LogP contribution is -2.04. The van der Waals surface area contributed by atoms with Crippen molar-refractivity contribution in [2.75, 3.05) is 12.4 Å². The second-order valence-electron chi connectivity index (χ2n) is 3.35. The lowest BCUT2D eigenvalue weighted by Gasteiger charge is -2.07. The molecule has 1 aromatic rings. The molecular weight excluding hydrogens is 262 g/mol. The number of allylic oxidation sites excluding steroid dienone is 2. The molecule has 1 N–H and O–H groups in total. The number of hydrogen-bond donors (Lipinski definition) is 1. The van der Waals surface area contributed by atoms with Crippen LogP contribution in [0.4, 0.5) is 11.4 Å². The van der Waals surface area contributed by atoms with Gasteiger partial charge in [-0.05, 0) is 6.07 Å². The van der Waals surface area contributed by atoms with Gasteiger partial charge < -0.3 is 10.1 Å². The molecule has 0 aliphatic carbocycles. The van der Waals surface area contributed by atoms with Gasteiger partial charge in [0.25, 0.3) is 5.69 Å². The minimum absolute atomic E-state index is 0.0473. The summed E-state index contributed by atoms with van der Waals surface area (Å²) in [4.78, 5) is 10.2.